The zero-order valence-electron chi connectivity index (χ0n) is 10.6. The summed E-state index contributed by atoms with van der Waals surface area (Å²) in [5.74, 6) is -1.85. The standard InChI is InChI=1S/C11H15N3O5S/c1-7-2-4-8(5-3-7)14(20(18)19)9(6-10(12)15)11(16)13-17/h2-5,9,17H,6H2,1H3,(H2,12,15)(H,13,16)(H,18,19). The van der Waals surface area contributed by atoms with Crippen LogP contribution in [0.1, 0.15) is 12.0 Å². The van der Waals surface area contributed by atoms with Crippen LogP contribution in [0.15, 0.2) is 24.3 Å². The van der Waals surface area contributed by atoms with Crippen LogP contribution in [0.3, 0.4) is 0 Å². The van der Waals surface area contributed by atoms with Gasteiger partial charge in [0.15, 0.2) is 0 Å². The molecule has 0 fully saturated rings. The molecule has 2 unspecified atom stereocenters. The van der Waals surface area contributed by atoms with E-state index in [1.165, 1.54) is 17.6 Å². The van der Waals surface area contributed by atoms with Gasteiger partial charge in [0.2, 0.25) is 5.91 Å². The molecule has 5 N–H and O–H groups in total. The highest BCUT2D eigenvalue weighted by atomic mass is 32.2. The number of hydrogen-bond acceptors (Lipinski definition) is 4. The average Bonchev–Trinajstić information content (AvgIpc) is 2.38. The number of aryl methyl sites for hydroxylation is 1. The van der Waals surface area contributed by atoms with E-state index in [1.54, 1.807) is 12.1 Å². The number of benzene rings is 1. The van der Waals surface area contributed by atoms with E-state index in [-0.39, 0.29) is 5.69 Å². The first-order valence-electron chi connectivity index (χ1n) is 5.56. The lowest BCUT2D eigenvalue weighted by Gasteiger charge is -2.27. The summed E-state index contributed by atoms with van der Waals surface area (Å²) in [5, 5.41) is 8.68. The quantitative estimate of drug-likeness (QED) is 0.325. The second kappa shape index (κ2) is 6.98. The Morgan fingerprint density at radius 1 is 1.40 bits per heavy atom. The minimum atomic E-state index is -2.58. The first-order chi connectivity index (χ1) is 9.36. The number of amides is 2. The molecule has 1 aromatic carbocycles. The van der Waals surface area contributed by atoms with E-state index in [9.17, 15) is 18.4 Å². The normalized spacial score (nSPS) is 13.3. The molecule has 0 heterocycles. The Morgan fingerprint density at radius 2 is 1.95 bits per heavy atom. The molecular formula is C11H15N3O5S. The summed E-state index contributed by atoms with van der Waals surface area (Å²) in [6, 6.07) is 4.98. The summed E-state index contributed by atoms with van der Waals surface area (Å²) in [6.45, 7) is 1.82. The van der Waals surface area contributed by atoms with Crippen LogP contribution in [0, 0.1) is 6.92 Å². The van der Waals surface area contributed by atoms with Crippen LogP contribution in [-0.2, 0) is 20.9 Å². The van der Waals surface area contributed by atoms with Gasteiger partial charge in [-0.15, -0.1) is 0 Å². The molecule has 0 aromatic heterocycles. The van der Waals surface area contributed by atoms with E-state index < -0.39 is 35.5 Å². The zero-order chi connectivity index (χ0) is 15.3. The molecule has 0 bridgehead atoms. The van der Waals surface area contributed by atoms with E-state index in [0.717, 1.165) is 9.87 Å². The molecule has 0 saturated carbocycles. The largest absolute Gasteiger partial charge is 0.370 e. The van der Waals surface area contributed by atoms with E-state index >= 15 is 0 Å². The third-order valence-electron chi connectivity index (χ3n) is 2.55. The van der Waals surface area contributed by atoms with Crippen molar-refractivity contribution in [1.82, 2.24) is 5.48 Å². The van der Waals surface area contributed by atoms with E-state index in [1.807, 2.05) is 6.92 Å². The van der Waals surface area contributed by atoms with Crippen molar-refractivity contribution in [3.05, 3.63) is 29.8 Å². The Morgan fingerprint density at radius 3 is 2.35 bits per heavy atom. The molecule has 0 radical (unpaired) electrons. The first kappa shape index (κ1) is 16.1. The van der Waals surface area contributed by atoms with Gasteiger partial charge in [0, 0.05) is 0 Å². The fourth-order valence-corrected chi connectivity index (χ4v) is 2.31. The van der Waals surface area contributed by atoms with Crippen LogP contribution in [0.4, 0.5) is 5.69 Å². The van der Waals surface area contributed by atoms with Crippen molar-refractivity contribution >= 4 is 28.8 Å². The zero-order valence-corrected chi connectivity index (χ0v) is 11.5. The summed E-state index contributed by atoms with van der Waals surface area (Å²) >= 11 is -2.58. The fraction of sp³-hybridized carbons (Fsp3) is 0.273. The second-order valence-electron chi connectivity index (χ2n) is 4.05. The third-order valence-corrected chi connectivity index (χ3v) is 3.35. The van der Waals surface area contributed by atoms with Gasteiger partial charge in [-0.1, -0.05) is 17.7 Å². The van der Waals surface area contributed by atoms with E-state index in [0.29, 0.717) is 0 Å². The Bertz CT molecular complexity index is 519. The number of rotatable bonds is 6. The lowest BCUT2D eigenvalue weighted by atomic mass is 10.1. The molecule has 0 spiro atoms. The van der Waals surface area contributed by atoms with Gasteiger partial charge in [0.25, 0.3) is 17.2 Å². The molecule has 20 heavy (non-hydrogen) atoms. The SMILES string of the molecule is Cc1ccc(N(C(CC(N)=O)C(=O)NO)S(=O)O)cc1. The van der Waals surface area contributed by atoms with Crippen molar-refractivity contribution in [1.29, 1.82) is 0 Å². The van der Waals surface area contributed by atoms with E-state index in [2.05, 4.69) is 0 Å². The monoisotopic (exact) mass is 301 g/mol. The van der Waals surface area contributed by atoms with Crippen molar-refractivity contribution in [2.24, 2.45) is 5.73 Å². The number of hydrogen-bond donors (Lipinski definition) is 4. The van der Waals surface area contributed by atoms with Gasteiger partial charge >= 0.3 is 0 Å². The van der Waals surface area contributed by atoms with Gasteiger partial charge < -0.3 is 5.73 Å². The fourth-order valence-electron chi connectivity index (χ4n) is 1.62. The van der Waals surface area contributed by atoms with E-state index in [4.69, 9.17) is 10.9 Å². The van der Waals surface area contributed by atoms with Gasteiger partial charge in [-0.05, 0) is 19.1 Å². The van der Waals surface area contributed by atoms with Crippen LogP contribution in [0.25, 0.3) is 0 Å². The first-order valence-corrected chi connectivity index (χ1v) is 6.62. The molecule has 0 aliphatic rings. The molecule has 2 amide bonds. The highest BCUT2D eigenvalue weighted by Crippen LogP contribution is 2.21. The number of hydroxylamine groups is 1. The second-order valence-corrected chi connectivity index (χ2v) is 4.91. The Balaban J connectivity index is 3.20. The predicted octanol–water partition coefficient (Wildman–Crippen LogP) is -0.312. The van der Waals surface area contributed by atoms with Gasteiger partial charge in [-0.2, -0.15) is 0 Å². The number of carbonyl (C=O) groups excluding carboxylic acids is 2. The van der Waals surface area contributed by atoms with Crippen LogP contribution in [0.2, 0.25) is 0 Å². The summed E-state index contributed by atoms with van der Waals surface area (Å²) in [5.41, 5.74) is 7.53. The highest BCUT2D eigenvalue weighted by molar-refractivity contribution is 7.80. The molecular weight excluding hydrogens is 286 g/mol. The molecule has 1 rings (SSSR count). The van der Waals surface area contributed by atoms with Crippen LogP contribution < -0.4 is 15.5 Å². The number of anilines is 1. The minimum Gasteiger partial charge on any atom is -0.370 e. The predicted molar refractivity (Wildman–Crippen MR) is 72.0 cm³/mol. The van der Waals surface area contributed by atoms with Gasteiger partial charge in [-0.3, -0.25) is 23.7 Å². The summed E-state index contributed by atoms with van der Waals surface area (Å²) in [7, 11) is 0. The maximum Gasteiger partial charge on any atom is 0.267 e. The topological polar surface area (TPSA) is 133 Å². The lowest BCUT2D eigenvalue weighted by molar-refractivity contribution is -0.132. The maximum absolute atomic E-state index is 11.6. The summed E-state index contributed by atoms with van der Waals surface area (Å²) < 4.78 is 21.6. The number of nitrogens with zero attached hydrogens (tertiary/aromatic N) is 1. The Hall–Kier alpha value is -1.97. The van der Waals surface area contributed by atoms with Crippen molar-refractivity contribution in [3.8, 4) is 0 Å². The lowest BCUT2D eigenvalue weighted by Crippen LogP contribution is -2.49. The van der Waals surface area contributed by atoms with Crippen LogP contribution >= 0.6 is 0 Å². The molecule has 0 aliphatic carbocycles. The minimum absolute atomic E-state index is 0.242. The Labute approximate surface area is 117 Å². The van der Waals surface area contributed by atoms with Crippen LogP contribution in [-0.4, -0.2) is 31.8 Å². The molecule has 9 heteroatoms. The molecule has 110 valence electrons. The smallest absolute Gasteiger partial charge is 0.267 e. The van der Waals surface area contributed by atoms with Crippen molar-refractivity contribution < 1.29 is 23.6 Å². The summed E-state index contributed by atoms with van der Waals surface area (Å²) in [4.78, 5) is 22.6. The number of carbonyl (C=O) groups is 2. The third kappa shape index (κ3) is 4.02. The van der Waals surface area contributed by atoms with Crippen molar-refractivity contribution in [2.75, 3.05) is 4.31 Å². The van der Waals surface area contributed by atoms with Gasteiger partial charge in [0.1, 0.15) is 6.04 Å². The van der Waals surface area contributed by atoms with Gasteiger partial charge in [0.05, 0.1) is 12.1 Å². The number of nitrogens with two attached hydrogens (primary N) is 1. The van der Waals surface area contributed by atoms with Gasteiger partial charge in [-0.25, -0.2) is 9.69 Å². The number of primary amides is 1. The molecule has 1 aromatic rings. The number of nitrogens with one attached hydrogen (secondary N) is 1. The summed E-state index contributed by atoms with van der Waals surface area (Å²) in [6.07, 6.45) is -0.521. The molecule has 2 atom stereocenters. The van der Waals surface area contributed by atoms with Crippen molar-refractivity contribution in [3.63, 3.8) is 0 Å². The maximum atomic E-state index is 11.6. The molecule has 8 nitrogen and oxygen atoms in total. The van der Waals surface area contributed by atoms with Crippen molar-refractivity contribution in [2.45, 2.75) is 19.4 Å². The Kier molecular flexibility index (Phi) is 5.62. The molecule has 0 aliphatic heterocycles. The average molecular weight is 301 g/mol. The highest BCUT2D eigenvalue weighted by Gasteiger charge is 2.31. The van der Waals surface area contributed by atoms with Crippen LogP contribution in [0.5, 0.6) is 0 Å². The molecule has 0 saturated heterocycles.